The van der Waals surface area contributed by atoms with Gasteiger partial charge in [-0.15, -0.1) is 6.58 Å². The molecule has 0 N–H and O–H groups in total. The average Bonchev–Trinajstić information content (AvgIpc) is 2.35. The Morgan fingerprint density at radius 1 is 0.950 bits per heavy atom. The van der Waals surface area contributed by atoms with Crippen molar-refractivity contribution >= 4 is 5.97 Å². The molecule has 2 nitrogen and oxygen atoms in total. The Morgan fingerprint density at radius 2 is 1.45 bits per heavy atom. The number of halogens is 5. The van der Waals surface area contributed by atoms with Crippen molar-refractivity contribution in [3.63, 3.8) is 0 Å². The minimum absolute atomic E-state index is 0.279. The Bertz CT molecular complexity index is 300. The number of esters is 1. The molecule has 0 fully saturated rings. The van der Waals surface area contributed by atoms with Crippen molar-refractivity contribution in [1.29, 1.82) is 0 Å². The fourth-order valence-corrected chi connectivity index (χ4v) is 1.47. The highest BCUT2D eigenvalue weighted by Crippen LogP contribution is 2.36. The van der Waals surface area contributed by atoms with E-state index in [-0.39, 0.29) is 6.42 Å². The van der Waals surface area contributed by atoms with Crippen LogP contribution in [0, 0.1) is 0 Å². The van der Waals surface area contributed by atoms with Crippen LogP contribution in [0.1, 0.15) is 44.9 Å². The third-order valence-corrected chi connectivity index (χ3v) is 2.65. The lowest BCUT2D eigenvalue weighted by atomic mass is 10.1. The highest BCUT2D eigenvalue weighted by molar-refractivity contribution is 5.78. The highest BCUT2D eigenvalue weighted by Gasteiger charge is 2.64. The van der Waals surface area contributed by atoms with Crippen LogP contribution in [0.3, 0.4) is 0 Å². The molecule has 20 heavy (non-hydrogen) atoms. The number of hydrogen-bond acceptors (Lipinski definition) is 2. The Morgan fingerprint density at radius 3 is 1.95 bits per heavy atom. The molecule has 0 aliphatic heterocycles. The van der Waals surface area contributed by atoms with Crippen molar-refractivity contribution in [2.45, 2.75) is 57.0 Å². The summed E-state index contributed by atoms with van der Waals surface area (Å²) in [7, 11) is 0. The summed E-state index contributed by atoms with van der Waals surface area (Å²) in [5, 5.41) is 0. The molecule has 0 saturated heterocycles. The van der Waals surface area contributed by atoms with Crippen molar-refractivity contribution in [3.05, 3.63) is 12.7 Å². The Balaban J connectivity index is 3.66. The first-order chi connectivity index (χ1) is 9.23. The number of carbonyl (C=O) groups excluding carboxylic acids is 1. The van der Waals surface area contributed by atoms with E-state index in [0.29, 0.717) is 6.42 Å². The molecule has 0 saturated carbocycles. The molecule has 0 unspecified atom stereocenters. The van der Waals surface area contributed by atoms with Crippen molar-refractivity contribution in [2.75, 3.05) is 6.61 Å². The molecule has 0 spiro atoms. The largest absolute Gasteiger partial charge is 0.465 e. The summed E-state index contributed by atoms with van der Waals surface area (Å²) in [6.45, 7) is 3.16. The molecule has 0 rings (SSSR count). The van der Waals surface area contributed by atoms with Gasteiger partial charge < -0.3 is 4.74 Å². The van der Waals surface area contributed by atoms with Crippen LogP contribution in [0.4, 0.5) is 22.0 Å². The van der Waals surface area contributed by atoms with Gasteiger partial charge in [0.15, 0.2) is 0 Å². The van der Waals surface area contributed by atoms with Crippen LogP contribution in [0.5, 0.6) is 0 Å². The maximum absolute atomic E-state index is 12.5. The van der Waals surface area contributed by atoms with Gasteiger partial charge in [0.1, 0.15) is 0 Å². The number of unbranched alkanes of at least 4 members (excludes halogenated alkanes) is 6. The summed E-state index contributed by atoms with van der Waals surface area (Å²) >= 11 is 0. The Labute approximate surface area is 115 Å². The van der Waals surface area contributed by atoms with E-state index in [9.17, 15) is 26.7 Å². The van der Waals surface area contributed by atoms with Gasteiger partial charge in [-0.05, 0) is 19.3 Å². The molecule has 0 aromatic rings. The van der Waals surface area contributed by atoms with E-state index in [1.54, 1.807) is 0 Å². The first-order valence-electron chi connectivity index (χ1n) is 6.46. The molecule has 0 amide bonds. The average molecular weight is 302 g/mol. The summed E-state index contributed by atoms with van der Waals surface area (Å²) < 4.78 is 64.3. The van der Waals surface area contributed by atoms with E-state index >= 15 is 0 Å². The van der Waals surface area contributed by atoms with Gasteiger partial charge in [-0.1, -0.05) is 31.8 Å². The zero-order chi connectivity index (χ0) is 15.6. The van der Waals surface area contributed by atoms with Crippen molar-refractivity contribution < 1.29 is 31.5 Å². The molecule has 0 radical (unpaired) electrons. The zero-order valence-electron chi connectivity index (χ0n) is 11.1. The highest BCUT2D eigenvalue weighted by atomic mass is 19.4. The summed E-state index contributed by atoms with van der Waals surface area (Å²) in [6.07, 6.45) is 1.55. The molecule has 0 aliphatic carbocycles. The minimum atomic E-state index is -5.91. The topological polar surface area (TPSA) is 26.3 Å². The fourth-order valence-electron chi connectivity index (χ4n) is 1.47. The molecule has 7 heteroatoms. The van der Waals surface area contributed by atoms with Crippen LogP contribution in [-0.2, 0) is 9.53 Å². The minimum Gasteiger partial charge on any atom is -0.461 e. The number of hydrogen-bond donors (Lipinski definition) is 0. The first kappa shape index (κ1) is 18.9. The number of alkyl halides is 5. The number of rotatable bonds is 10. The zero-order valence-corrected chi connectivity index (χ0v) is 11.1. The van der Waals surface area contributed by atoms with Crippen LogP contribution in [0.15, 0.2) is 12.7 Å². The second-order valence-corrected chi connectivity index (χ2v) is 4.41. The fraction of sp³-hybridized carbons (Fsp3) is 0.769. The van der Waals surface area contributed by atoms with Crippen LogP contribution < -0.4 is 0 Å². The first-order valence-corrected chi connectivity index (χ1v) is 6.46. The lowest BCUT2D eigenvalue weighted by molar-refractivity contribution is -0.280. The SMILES string of the molecule is C=CCCCCCCCCOC(=O)C(F)(F)C(F)(F)F. The predicted octanol–water partition coefficient (Wildman–Crippen LogP) is 4.64. The molecule has 0 bridgehead atoms. The molecule has 0 aromatic heterocycles. The van der Waals surface area contributed by atoms with E-state index in [2.05, 4.69) is 11.3 Å². The van der Waals surface area contributed by atoms with Gasteiger partial charge in [0.25, 0.3) is 0 Å². The molecule has 0 heterocycles. The smallest absolute Gasteiger partial charge is 0.461 e. The van der Waals surface area contributed by atoms with E-state index < -0.39 is 24.7 Å². The molecule has 0 atom stereocenters. The van der Waals surface area contributed by atoms with Gasteiger partial charge >= 0.3 is 18.1 Å². The van der Waals surface area contributed by atoms with Crippen LogP contribution in [0.2, 0.25) is 0 Å². The van der Waals surface area contributed by atoms with E-state index in [1.165, 1.54) is 0 Å². The van der Waals surface area contributed by atoms with Gasteiger partial charge in [0.05, 0.1) is 6.61 Å². The number of ether oxygens (including phenoxy) is 1. The van der Waals surface area contributed by atoms with Gasteiger partial charge in [-0.25, -0.2) is 4.79 Å². The van der Waals surface area contributed by atoms with E-state index in [1.807, 2.05) is 6.08 Å². The van der Waals surface area contributed by atoms with Crippen molar-refractivity contribution in [1.82, 2.24) is 0 Å². The predicted molar refractivity (Wildman–Crippen MR) is 64.5 cm³/mol. The molecule has 0 aliphatic rings. The third-order valence-electron chi connectivity index (χ3n) is 2.65. The van der Waals surface area contributed by atoms with Gasteiger partial charge in [0, 0.05) is 0 Å². The summed E-state index contributed by atoms with van der Waals surface area (Å²) in [6, 6.07) is 0. The summed E-state index contributed by atoms with van der Waals surface area (Å²) in [4.78, 5) is 10.6. The Kier molecular flexibility index (Phi) is 8.41. The number of allylic oxidation sites excluding steroid dienone is 1. The normalized spacial score (nSPS) is 12.2. The van der Waals surface area contributed by atoms with E-state index in [0.717, 1.165) is 32.1 Å². The standard InChI is InChI=1S/C13H19F5O2/c1-2-3-4-5-6-7-8-9-10-20-11(19)12(14,15)13(16,17)18/h2H,1,3-10H2. The second kappa shape index (κ2) is 8.92. The second-order valence-electron chi connectivity index (χ2n) is 4.41. The lowest BCUT2D eigenvalue weighted by Gasteiger charge is -2.17. The molecule has 0 aromatic carbocycles. The maximum Gasteiger partial charge on any atom is 0.465 e. The third kappa shape index (κ3) is 6.86. The van der Waals surface area contributed by atoms with Gasteiger partial charge in [-0.2, -0.15) is 22.0 Å². The number of carbonyl (C=O) groups is 1. The monoisotopic (exact) mass is 302 g/mol. The van der Waals surface area contributed by atoms with Crippen molar-refractivity contribution in [3.8, 4) is 0 Å². The summed E-state index contributed by atoms with van der Waals surface area (Å²) in [5.74, 6) is -7.96. The van der Waals surface area contributed by atoms with Crippen LogP contribution >= 0.6 is 0 Å². The molecular weight excluding hydrogens is 283 g/mol. The van der Waals surface area contributed by atoms with Crippen LogP contribution in [0.25, 0.3) is 0 Å². The van der Waals surface area contributed by atoms with Gasteiger partial charge in [0.2, 0.25) is 0 Å². The van der Waals surface area contributed by atoms with Crippen molar-refractivity contribution in [2.24, 2.45) is 0 Å². The maximum atomic E-state index is 12.5. The van der Waals surface area contributed by atoms with E-state index in [4.69, 9.17) is 0 Å². The van der Waals surface area contributed by atoms with Gasteiger partial charge in [-0.3, -0.25) is 0 Å². The summed E-state index contributed by atoms with van der Waals surface area (Å²) in [5.41, 5.74) is 0. The van der Waals surface area contributed by atoms with Crippen LogP contribution in [-0.4, -0.2) is 24.7 Å². The molecule has 118 valence electrons. The Hall–Kier alpha value is -1.14. The lowest BCUT2D eigenvalue weighted by Crippen LogP contribution is -2.45. The quantitative estimate of drug-likeness (QED) is 0.254. The molecular formula is C13H19F5O2.